The van der Waals surface area contributed by atoms with E-state index >= 15 is 0 Å². The molecule has 1 aromatic heterocycles. The first-order chi connectivity index (χ1) is 18.3. The van der Waals surface area contributed by atoms with E-state index in [9.17, 15) is 18.8 Å². The monoisotopic (exact) mass is 529 g/mol. The second-order valence-electron chi connectivity index (χ2n) is 10.1. The van der Waals surface area contributed by atoms with Crippen molar-refractivity contribution in [3.05, 3.63) is 41.4 Å². The molecule has 1 aromatic carbocycles. The number of carbonyl (C=O) groups excluding carboxylic acids is 3. The molecule has 2 aliphatic heterocycles. The number of nitrogens with zero attached hydrogens (tertiary/aromatic N) is 2. The summed E-state index contributed by atoms with van der Waals surface area (Å²) in [6, 6.07) is 4.28. The predicted molar refractivity (Wildman–Crippen MR) is 137 cm³/mol. The Bertz CT molecular complexity index is 1190. The number of carbonyl (C=O) groups is 3. The number of benzene rings is 1. The van der Waals surface area contributed by atoms with Crippen molar-refractivity contribution in [3.63, 3.8) is 0 Å². The molecule has 3 heterocycles. The molecule has 1 amide bonds. The topological polar surface area (TPSA) is 125 Å². The zero-order valence-electron chi connectivity index (χ0n) is 21.9. The third-order valence-corrected chi connectivity index (χ3v) is 7.37. The zero-order valence-corrected chi connectivity index (χ0v) is 21.9. The number of primary amides is 1. The number of hydrogen-bond acceptors (Lipinski definition) is 8. The number of amides is 1. The van der Waals surface area contributed by atoms with E-state index in [2.05, 4.69) is 17.0 Å². The first-order valence-corrected chi connectivity index (χ1v) is 13.6. The van der Waals surface area contributed by atoms with Gasteiger partial charge in [0.25, 0.3) is 0 Å². The van der Waals surface area contributed by atoms with Crippen molar-refractivity contribution in [1.82, 2.24) is 10.1 Å². The summed E-state index contributed by atoms with van der Waals surface area (Å²) in [6.45, 7) is 3.33. The SMILES string of the molecule is CCCCCCCCC1(C(N)=O)OC(=O)C=C(CCN2CCCCC2c2noc3cc(F)ccc23)C(=O)O1. The second-order valence-corrected chi connectivity index (χ2v) is 10.1. The lowest BCUT2D eigenvalue weighted by Gasteiger charge is -2.34. The molecule has 0 radical (unpaired) electrons. The third kappa shape index (κ3) is 6.40. The smallest absolute Gasteiger partial charge is 0.338 e. The van der Waals surface area contributed by atoms with Crippen LogP contribution < -0.4 is 5.73 Å². The minimum absolute atomic E-state index is 0.0289. The summed E-state index contributed by atoms with van der Waals surface area (Å²) in [6.07, 6.45) is 9.76. The maximum atomic E-state index is 13.6. The lowest BCUT2D eigenvalue weighted by atomic mass is 9.96. The normalized spacial score (nSPS) is 22.6. The van der Waals surface area contributed by atoms with E-state index in [1.54, 1.807) is 6.07 Å². The summed E-state index contributed by atoms with van der Waals surface area (Å²) in [4.78, 5) is 40.1. The molecular formula is C28H36FN3O6. The van der Waals surface area contributed by atoms with E-state index in [0.717, 1.165) is 75.1 Å². The van der Waals surface area contributed by atoms with Gasteiger partial charge in [0.05, 0.1) is 6.04 Å². The van der Waals surface area contributed by atoms with E-state index in [1.807, 2.05) is 0 Å². The van der Waals surface area contributed by atoms with Crippen LogP contribution in [0.4, 0.5) is 4.39 Å². The van der Waals surface area contributed by atoms with Crippen LogP contribution in [-0.2, 0) is 23.9 Å². The minimum atomic E-state index is -2.10. The first kappa shape index (κ1) is 27.8. The Hall–Kier alpha value is -3.27. The fourth-order valence-corrected chi connectivity index (χ4v) is 5.27. The highest BCUT2D eigenvalue weighted by atomic mass is 19.1. The van der Waals surface area contributed by atoms with E-state index in [-0.39, 0.29) is 24.5 Å². The molecule has 0 aliphatic carbocycles. The number of ether oxygens (including phenoxy) is 2. The molecule has 206 valence electrons. The van der Waals surface area contributed by atoms with Crippen LogP contribution in [0.2, 0.25) is 0 Å². The summed E-state index contributed by atoms with van der Waals surface area (Å²) >= 11 is 0. The Balaban J connectivity index is 1.42. The van der Waals surface area contributed by atoms with Crippen molar-refractivity contribution in [1.29, 1.82) is 0 Å². The number of likely N-dealkylation sites (tertiary alicyclic amines) is 1. The lowest BCUT2D eigenvalue weighted by Crippen LogP contribution is -2.50. The van der Waals surface area contributed by atoms with E-state index in [4.69, 9.17) is 19.7 Å². The number of nitrogens with two attached hydrogens (primary N) is 1. The molecule has 4 rings (SSSR count). The molecule has 0 spiro atoms. The largest absolute Gasteiger partial charge is 0.410 e. The van der Waals surface area contributed by atoms with E-state index < -0.39 is 29.5 Å². The van der Waals surface area contributed by atoms with Crippen molar-refractivity contribution in [3.8, 4) is 0 Å². The second kappa shape index (κ2) is 12.5. The van der Waals surface area contributed by atoms with Crippen LogP contribution in [0, 0.1) is 5.82 Å². The van der Waals surface area contributed by atoms with Crippen LogP contribution in [0.15, 0.2) is 34.4 Å². The maximum Gasteiger partial charge on any atom is 0.338 e. The minimum Gasteiger partial charge on any atom is -0.410 e. The Kier molecular flexibility index (Phi) is 9.14. The number of esters is 2. The van der Waals surface area contributed by atoms with Crippen LogP contribution in [-0.4, -0.2) is 46.8 Å². The van der Waals surface area contributed by atoms with Crippen LogP contribution in [0.1, 0.15) is 89.3 Å². The fourth-order valence-electron chi connectivity index (χ4n) is 5.27. The summed E-state index contributed by atoms with van der Waals surface area (Å²) in [5, 5.41) is 4.97. The van der Waals surface area contributed by atoms with Gasteiger partial charge in [0.15, 0.2) is 5.58 Å². The van der Waals surface area contributed by atoms with Gasteiger partial charge in [-0.1, -0.05) is 50.6 Å². The quantitative estimate of drug-likeness (QED) is 0.306. The number of rotatable bonds is 12. The highest BCUT2D eigenvalue weighted by molar-refractivity contribution is 6.01. The van der Waals surface area contributed by atoms with Gasteiger partial charge >= 0.3 is 23.6 Å². The Morgan fingerprint density at radius 3 is 2.74 bits per heavy atom. The molecule has 2 aromatic rings. The number of unbranched alkanes of at least 4 members (excludes halogenated alkanes) is 5. The summed E-state index contributed by atoms with van der Waals surface area (Å²) in [5.74, 6) is -5.09. The standard InChI is InChI=1S/C28H36FN3O6/c1-2-3-4-5-6-8-14-28(27(30)35)36-24(33)17-19(26(34)37-28)13-16-32-15-9-7-10-22(32)25-21-12-11-20(29)18-23(21)38-31-25/h11-12,17-18,22H,2-10,13-16H2,1H3,(H2,30,35). The summed E-state index contributed by atoms with van der Waals surface area (Å²) in [7, 11) is 0. The average Bonchev–Trinajstić information content (AvgIpc) is 3.25. The number of aromatic nitrogens is 1. The van der Waals surface area contributed by atoms with E-state index in [1.165, 1.54) is 12.1 Å². The van der Waals surface area contributed by atoms with Gasteiger partial charge in [-0.3, -0.25) is 9.69 Å². The van der Waals surface area contributed by atoms with Crippen molar-refractivity contribution in [2.24, 2.45) is 5.73 Å². The van der Waals surface area contributed by atoms with Gasteiger partial charge in [-0.15, -0.1) is 0 Å². The summed E-state index contributed by atoms with van der Waals surface area (Å²) < 4.78 is 29.8. The van der Waals surface area contributed by atoms with Gasteiger partial charge < -0.3 is 19.7 Å². The Morgan fingerprint density at radius 1 is 1.16 bits per heavy atom. The molecule has 10 heteroatoms. The van der Waals surface area contributed by atoms with Gasteiger partial charge in [0, 0.05) is 36.1 Å². The van der Waals surface area contributed by atoms with Gasteiger partial charge in [0.2, 0.25) is 0 Å². The van der Waals surface area contributed by atoms with Crippen molar-refractivity contribution in [2.75, 3.05) is 13.1 Å². The number of fused-ring (bicyclic) bond motifs is 1. The number of cyclic esters (lactones) is 2. The lowest BCUT2D eigenvalue weighted by molar-refractivity contribution is -0.221. The van der Waals surface area contributed by atoms with Crippen LogP contribution in [0.25, 0.3) is 11.0 Å². The maximum absolute atomic E-state index is 13.6. The molecule has 1 fully saturated rings. The molecule has 2 unspecified atom stereocenters. The van der Waals surface area contributed by atoms with Crippen LogP contribution in [0.3, 0.4) is 0 Å². The zero-order chi connectivity index (χ0) is 27.1. The Labute approximate surface area is 221 Å². The highest BCUT2D eigenvalue weighted by Crippen LogP contribution is 2.35. The summed E-state index contributed by atoms with van der Waals surface area (Å²) in [5.41, 5.74) is 6.79. The first-order valence-electron chi connectivity index (χ1n) is 13.6. The van der Waals surface area contributed by atoms with Crippen molar-refractivity contribution >= 4 is 28.8 Å². The third-order valence-electron chi connectivity index (χ3n) is 7.37. The van der Waals surface area contributed by atoms with Crippen LogP contribution >= 0.6 is 0 Å². The highest BCUT2D eigenvalue weighted by Gasteiger charge is 2.47. The van der Waals surface area contributed by atoms with Gasteiger partial charge in [-0.05, 0) is 44.4 Å². The van der Waals surface area contributed by atoms with Crippen molar-refractivity contribution in [2.45, 2.75) is 89.4 Å². The fraction of sp³-hybridized carbons (Fsp3) is 0.571. The van der Waals surface area contributed by atoms with Crippen LogP contribution in [0.5, 0.6) is 0 Å². The number of hydrogen-bond donors (Lipinski definition) is 1. The molecule has 2 atom stereocenters. The molecule has 38 heavy (non-hydrogen) atoms. The molecular weight excluding hydrogens is 493 g/mol. The average molecular weight is 530 g/mol. The molecule has 9 nitrogen and oxygen atoms in total. The molecule has 1 saturated heterocycles. The van der Waals surface area contributed by atoms with Gasteiger partial charge in [-0.2, -0.15) is 0 Å². The van der Waals surface area contributed by atoms with Gasteiger partial charge in [-0.25, -0.2) is 14.0 Å². The van der Waals surface area contributed by atoms with Gasteiger partial charge in [0.1, 0.15) is 11.5 Å². The molecule has 2 N–H and O–H groups in total. The predicted octanol–water partition coefficient (Wildman–Crippen LogP) is 4.84. The molecule has 0 bridgehead atoms. The van der Waals surface area contributed by atoms with Crippen molar-refractivity contribution < 1.29 is 32.8 Å². The Morgan fingerprint density at radius 2 is 1.95 bits per heavy atom. The number of halogens is 1. The van der Waals surface area contributed by atoms with E-state index in [0.29, 0.717) is 18.5 Å². The molecule has 0 saturated carbocycles. The number of piperidine rings is 1. The molecule has 2 aliphatic rings.